The Morgan fingerprint density at radius 1 is 1.20 bits per heavy atom. The van der Waals surface area contributed by atoms with E-state index in [0.717, 1.165) is 22.4 Å². The van der Waals surface area contributed by atoms with Gasteiger partial charge < -0.3 is 10.1 Å². The minimum Gasteiger partial charge on any atom is -0.449 e. The van der Waals surface area contributed by atoms with Gasteiger partial charge in [-0.3, -0.25) is 4.79 Å². The second kappa shape index (κ2) is 8.62. The highest BCUT2D eigenvalue weighted by atomic mass is 32.1. The van der Waals surface area contributed by atoms with Gasteiger partial charge in [-0.05, 0) is 59.4 Å². The number of para-hydroxylation sites is 1. The summed E-state index contributed by atoms with van der Waals surface area (Å²) in [4.78, 5) is 24.3. The van der Waals surface area contributed by atoms with Gasteiger partial charge in [0.15, 0.2) is 6.10 Å². The van der Waals surface area contributed by atoms with Crippen molar-refractivity contribution in [2.45, 2.75) is 39.7 Å². The number of carbonyl (C=O) groups is 2. The molecule has 0 aliphatic rings. The molecule has 0 fully saturated rings. The summed E-state index contributed by atoms with van der Waals surface area (Å²) in [5, 5.41) is 6.74. The number of benzene rings is 1. The van der Waals surface area contributed by atoms with Crippen LogP contribution in [0.1, 0.15) is 43.4 Å². The molecule has 1 aromatic heterocycles. The van der Waals surface area contributed by atoms with Crippen molar-refractivity contribution in [3.63, 3.8) is 0 Å². The van der Waals surface area contributed by atoms with Gasteiger partial charge in [0.05, 0.1) is 0 Å². The minimum atomic E-state index is -0.876. The highest BCUT2D eigenvalue weighted by Gasteiger charge is 2.19. The van der Waals surface area contributed by atoms with E-state index in [9.17, 15) is 9.59 Å². The summed E-state index contributed by atoms with van der Waals surface area (Å²) in [6.45, 7) is 7.66. The minimum absolute atomic E-state index is 0.279. The molecule has 0 bridgehead atoms. The molecule has 2 rings (SSSR count). The molecule has 0 aliphatic carbocycles. The zero-order valence-corrected chi connectivity index (χ0v) is 15.7. The lowest BCUT2D eigenvalue weighted by Gasteiger charge is -2.18. The Morgan fingerprint density at radius 2 is 1.96 bits per heavy atom. The van der Waals surface area contributed by atoms with Crippen LogP contribution in [0.5, 0.6) is 0 Å². The van der Waals surface area contributed by atoms with E-state index in [1.54, 1.807) is 24.3 Å². The fourth-order valence-corrected chi connectivity index (χ4v) is 3.00. The molecule has 1 atom stereocenters. The SMILES string of the molecule is Cc1cccc(C(C)C)c1NC(=O)[C@H](C)OC(=O)/C=C/c1ccsc1. The average molecular weight is 357 g/mol. The Labute approximate surface area is 152 Å². The second-order valence-electron chi connectivity index (χ2n) is 6.15. The van der Waals surface area contributed by atoms with Gasteiger partial charge in [0, 0.05) is 11.8 Å². The van der Waals surface area contributed by atoms with Gasteiger partial charge in [0.2, 0.25) is 0 Å². The van der Waals surface area contributed by atoms with E-state index in [1.807, 2.05) is 41.9 Å². The number of anilines is 1. The van der Waals surface area contributed by atoms with Crippen LogP contribution < -0.4 is 5.32 Å². The molecule has 0 saturated heterocycles. The second-order valence-corrected chi connectivity index (χ2v) is 6.93. The molecule has 0 aliphatic heterocycles. The van der Waals surface area contributed by atoms with Crippen molar-refractivity contribution in [3.05, 3.63) is 57.8 Å². The van der Waals surface area contributed by atoms with Crippen LogP contribution in [-0.4, -0.2) is 18.0 Å². The highest BCUT2D eigenvalue weighted by molar-refractivity contribution is 7.08. The van der Waals surface area contributed by atoms with Gasteiger partial charge >= 0.3 is 5.97 Å². The molecule has 5 heteroatoms. The van der Waals surface area contributed by atoms with Crippen LogP contribution >= 0.6 is 11.3 Å². The molecule has 4 nitrogen and oxygen atoms in total. The third kappa shape index (κ3) is 5.29. The smallest absolute Gasteiger partial charge is 0.331 e. The summed E-state index contributed by atoms with van der Waals surface area (Å²) in [6, 6.07) is 7.81. The summed E-state index contributed by atoms with van der Waals surface area (Å²) in [5.74, 6) is -0.599. The zero-order chi connectivity index (χ0) is 18.4. The molecule has 0 spiro atoms. The fourth-order valence-electron chi connectivity index (χ4n) is 2.37. The van der Waals surface area contributed by atoms with Crippen molar-refractivity contribution in [1.82, 2.24) is 0 Å². The molecule has 0 unspecified atom stereocenters. The van der Waals surface area contributed by atoms with Crippen molar-refractivity contribution >= 4 is 35.0 Å². The van der Waals surface area contributed by atoms with E-state index in [2.05, 4.69) is 19.2 Å². The number of hydrogen-bond donors (Lipinski definition) is 1. The first-order valence-corrected chi connectivity index (χ1v) is 9.14. The average Bonchev–Trinajstić information content (AvgIpc) is 3.07. The number of esters is 1. The standard InChI is InChI=1S/C20H23NO3S/c1-13(2)17-7-5-6-14(3)19(17)21-20(23)15(4)24-18(22)9-8-16-10-11-25-12-16/h5-13,15H,1-4H3,(H,21,23)/b9-8+/t15-/m0/s1. The maximum atomic E-state index is 12.4. The lowest BCUT2D eigenvalue weighted by Crippen LogP contribution is -2.30. The Balaban J connectivity index is 2.00. The molecule has 132 valence electrons. The first kappa shape index (κ1) is 18.9. The molecule has 1 aromatic carbocycles. The van der Waals surface area contributed by atoms with Crippen molar-refractivity contribution in [3.8, 4) is 0 Å². The molecule has 2 aromatic rings. The molecule has 25 heavy (non-hydrogen) atoms. The first-order valence-electron chi connectivity index (χ1n) is 8.19. The number of amides is 1. The van der Waals surface area contributed by atoms with E-state index < -0.39 is 12.1 Å². The van der Waals surface area contributed by atoms with Crippen LogP contribution in [-0.2, 0) is 14.3 Å². The molecule has 1 heterocycles. The monoisotopic (exact) mass is 357 g/mol. The molecular weight excluding hydrogens is 334 g/mol. The molecule has 1 amide bonds. The summed E-state index contributed by atoms with van der Waals surface area (Å²) < 4.78 is 5.19. The van der Waals surface area contributed by atoms with Crippen molar-refractivity contribution < 1.29 is 14.3 Å². The summed E-state index contributed by atoms with van der Waals surface area (Å²) in [5.41, 5.74) is 3.76. The van der Waals surface area contributed by atoms with Crippen LogP contribution in [0.3, 0.4) is 0 Å². The molecule has 1 N–H and O–H groups in total. The zero-order valence-electron chi connectivity index (χ0n) is 14.9. The van der Waals surface area contributed by atoms with Gasteiger partial charge in [-0.2, -0.15) is 11.3 Å². The lowest BCUT2D eigenvalue weighted by atomic mass is 9.98. The van der Waals surface area contributed by atoms with Gasteiger partial charge in [-0.25, -0.2) is 4.79 Å². The number of hydrogen-bond acceptors (Lipinski definition) is 4. The van der Waals surface area contributed by atoms with Crippen molar-refractivity contribution in [2.75, 3.05) is 5.32 Å². The van der Waals surface area contributed by atoms with Crippen molar-refractivity contribution in [1.29, 1.82) is 0 Å². The van der Waals surface area contributed by atoms with Gasteiger partial charge in [0.1, 0.15) is 0 Å². The van der Waals surface area contributed by atoms with Gasteiger partial charge in [-0.15, -0.1) is 0 Å². The van der Waals surface area contributed by atoms with Gasteiger partial charge in [-0.1, -0.05) is 32.0 Å². The van der Waals surface area contributed by atoms with Crippen LogP contribution in [0, 0.1) is 6.92 Å². The van der Waals surface area contributed by atoms with E-state index in [1.165, 1.54) is 6.08 Å². The number of rotatable bonds is 6. The molecule has 0 radical (unpaired) electrons. The van der Waals surface area contributed by atoms with Crippen LogP contribution in [0.2, 0.25) is 0 Å². The Kier molecular flexibility index (Phi) is 6.53. The quantitative estimate of drug-likeness (QED) is 0.599. The summed E-state index contributed by atoms with van der Waals surface area (Å²) in [7, 11) is 0. The number of aryl methyl sites for hydroxylation is 1. The first-order chi connectivity index (χ1) is 11.9. The number of carbonyl (C=O) groups excluding carboxylic acids is 2. The summed E-state index contributed by atoms with van der Waals surface area (Å²) >= 11 is 1.55. The van der Waals surface area contributed by atoms with E-state index in [-0.39, 0.29) is 11.8 Å². The number of ether oxygens (including phenoxy) is 1. The van der Waals surface area contributed by atoms with Crippen LogP contribution in [0.4, 0.5) is 5.69 Å². The fraction of sp³-hybridized carbons (Fsp3) is 0.300. The lowest BCUT2D eigenvalue weighted by molar-refractivity contribution is -0.148. The van der Waals surface area contributed by atoms with Gasteiger partial charge in [0.25, 0.3) is 5.91 Å². The largest absolute Gasteiger partial charge is 0.449 e. The van der Waals surface area contributed by atoms with Crippen LogP contribution in [0.15, 0.2) is 41.1 Å². The normalized spacial score (nSPS) is 12.4. The predicted octanol–water partition coefficient (Wildman–Crippen LogP) is 4.76. The molecule has 0 saturated carbocycles. The molecular formula is C20H23NO3S. The van der Waals surface area contributed by atoms with E-state index >= 15 is 0 Å². The predicted molar refractivity (Wildman–Crippen MR) is 103 cm³/mol. The maximum absolute atomic E-state index is 12.4. The maximum Gasteiger partial charge on any atom is 0.331 e. The van der Waals surface area contributed by atoms with E-state index in [4.69, 9.17) is 4.74 Å². The number of thiophene rings is 1. The van der Waals surface area contributed by atoms with E-state index in [0.29, 0.717) is 0 Å². The third-order valence-electron chi connectivity index (χ3n) is 3.79. The Morgan fingerprint density at radius 3 is 2.60 bits per heavy atom. The summed E-state index contributed by atoms with van der Waals surface area (Å²) in [6.07, 6.45) is 2.13. The van der Waals surface area contributed by atoms with Crippen LogP contribution in [0.25, 0.3) is 6.08 Å². The number of nitrogens with one attached hydrogen (secondary N) is 1. The van der Waals surface area contributed by atoms with Crippen molar-refractivity contribution in [2.24, 2.45) is 0 Å². The highest BCUT2D eigenvalue weighted by Crippen LogP contribution is 2.27. The third-order valence-corrected chi connectivity index (χ3v) is 4.49. The topological polar surface area (TPSA) is 55.4 Å². The Bertz CT molecular complexity index is 763. The Hall–Kier alpha value is -2.40.